The topological polar surface area (TPSA) is 59.0 Å². The third-order valence-corrected chi connectivity index (χ3v) is 9.18. The number of aromatic hydroxyl groups is 1. The molecule has 2 bridgehead atoms. The zero-order valence-corrected chi connectivity index (χ0v) is 19.3. The molecular weight excluding hydrogens is 438 g/mol. The number of carbonyl (C=O) groups is 1. The van der Waals surface area contributed by atoms with Gasteiger partial charge in [-0.3, -0.25) is 9.69 Å². The normalized spacial score (nSPS) is 34.2. The highest BCUT2D eigenvalue weighted by atomic mass is 35.5. The van der Waals surface area contributed by atoms with E-state index >= 15 is 0 Å². The SMILES string of the molecule is O=C1CC[C@@]2(OCc3ccc(Cl)cc3)[C@H]3Cc4ccc(O)c5c4[C@@]2(CCN3CC2CC2)C1O5. The molecule has 2 heterocycles. The summed E-state index contributed by atoms with van der Waals surface area (Å²) in [7, 11) is 0. The second-order valence-electron chi connectivity index (χ2n) is 10.6. The molecule has 33 heavy (non-hydrogen) atoms. The molecule has 0 amide bonds. The summed E-state index contributed by atoms with van der Waals surface area (Å²) >= 11 is 6.11. The van der Waals surface area contributed by atoms with Crippen molar-refractivity contribution in [1.29, 1.82) is 0 Å². The molecule has 1 unspecified atom stereocenters. The summed E-state index contributed by atoms with van der Waals surface area (Å²) in [6.45, 7) is 2.51. The fourth-order valence-electron chi connectivity index (χ4n) is 7.32. The molecule has 0 radical (unpaired) electrons. The van der Waals surface area contributed by atoms with E-state index in [0.717, 1.165) is 43.0 Å². The van der Waals surface area contributed by atoms with Crippen molar-refractivity contribution in [3.05, 3.63) is 58.1 Å². The summed E-state index contributed by atoms with van der Waals surface area (Å²) < 4.78 is 13.4. The Bertz CT molecular complexity index is 1150. The van der Waals surface area contributed by atoms with Crippen molar-refractivity contribution in [1.82, 2.24) is 4.90 Å². The van der Waals surface area contributed by atoms with Gasteiger partial charge in [0, 0.05) is 29.6 Å². The summed E-state index contributed by atoms with van der Waals surface area (Å²) in [6.07, 6.45) is 4.87. The molecule has 3 fully saturated rings. The number of phenolic OH excluding ortho intramolecular Hbond substituents is 1. The largest absolute Gasteiger partial charge is 0.504 e. The highest BCUT2D eigenvalue weighted by Gasteiger charge is 2.74. The summed E-state index contributed by atoms with van der Waals surface area (Å²) in [6, 6.07) is 11.8. The predicted octanol–water partition coefficient (Wildman–Crippen LogP) is 4.40. The number of nitrogens with zero attached hydrogens (tertiary/aromatic N) is 1. The summed E-state index contributed by atoms with van der Waals surface area (Å²) in [4.78, 5) is 15.9. The fourth-order valence-corrected chi connectivity index (χ4v) is 7.45. The van der Waals surface area contributed by atoms with Gasteiger partial charge in [0.15, 0.2) is 23.4 Å². The maximum atomic E-state index is 13.3. The lowest BCUT2D eigenvalue weighted by molar-refractivity contribution is -0.218. The molecule has 7 rings (SSSR count). The Morgan fingerprint density at radius 1 is 1.15 bits per heavy atom. The van der Waals surface area contributed by atoms with E-state index in [1.807, 2.05) is 30.3 Å². The zero-order chi connectivity index (χ0) is 22.4. The van der Waals surface area contributed by atoms with Crippen LogP contribution in [0.4, 0.5) is 0 Å². The molecule has 0 aromatic heterocycles. The Hall–Kier alpha value is -2.08. The first-order chi connectivity index (χ1) is 16.0. The Labute approximate surface area is 198 Å². The van der Waals surface area contributed by atoms with E-state index in [0.29, 0.717) is 30.2 Å². The molecule has 2 aliphatic heterocycles. The van der Waals surface area contributed by atoms with Gasteiger partial charge in [-0.15, -0.1) is 0 Å². The standard InChI is InChI=1S/C27H28ClNO4/c28-19-6-3-17(4-7-19)15-32-27-10-9-21(31)25-26(27)11-12-29(14-16-1-2-16)22(27)13-18-5-8-20(30)24(33-25)23(18)26/h3-8,16,22,25,30H,1-2,9-15H2/t22-,25?,26+,27-/m1/s1. The molecule has 4 atom stereocenters. The number of ether oxygens (including phenoxy) is 2. The molecule has 1 saturated heterocycles. The van der Waals surface area contributed by atoms with Gasteiger partial charge in [0.05, 0.1) is 17.6 Å². The van der Waals surface area contributed by atoms with Crippen molar-refractivity contribution in [2.24, 2.45) is 5.92 Å². The summed E-state index contributed by atoms with van der Waals surface area (Å²) in [5, 5.41) is 11.4. The van der Waals surface area contributed by atoms with Gasteiger partial charge in [-0.2, -0.15) is 0 Å². The Morgan fingerprint density at radius 2 is 1.97 bits per heavy atom. The first-order valence-corrected chi connectivity index (χ1v) is 12.6. The minimum Gasteiger partial charge on any atom is -0.504 e. The Morgan fingerprint density at radius 3 is 2.76 bits per heavy atom. The molecule has 6 heteroatoms. The van der Waals surface area contributed by atoms with Gasteiger partial charge in [0.2, 0.25) is 0 Å². The number of piperidine rings is 1. The van der Waals surface area contributed by atoms with E-state index in [1.165, 1.54) is 18.4 Å². The van der Waals surface area contributed by atoms with Crippen LogP contribution in [0.2, 0.25) is 5.02 Å². The average molecular weight is 466 g/mol. The first-order valence-electron chi connectivity index (χ1n) is 12.2. The summed E-state index contributed by atoms with van der Waals surface area (Å²) in [5.74, 6) is 1.57. The number of benzene rings is 2. The minimum absolute atomic E-state index is 0.135. The monoisotopic (exact) mass is 465 g/mol. The Balaban J connectivity index is 1.38. The summed E-state index contributed by atoms with van der Waals surface area (Å²) in [5.41, 5.74) is 2.26. The van der Waals surface area contributed by atoms with Gasteiger partial charge in [0.1, 0.15) is 0 Å². The first kappa shape index (κ1) is 20.3. The van der Waals surface area contributed by atoms with Gasteiger partial charge in [-0.1, -0.05) is 29.8 Å². The molecule has 1 spiro atoms. The lowest BCUT2D eigenvalue weighted by Gasteiger charge is -2.64. The number of rotatable bonds is 5. The van der Waals surface area contributed by atoms with E-state index in [-0.39, 0.29) is 17.6 Å². The van der Waals surface area contributed by atoms with E-state index < -0.39 is 17.1 Å². The average Bonchev–Trinajstić information content (AvgIpc) is 3.56. The van der Waals surface area contributed by atoms with Crippen molar-refractivity contribution < 1.29 is 19.4 Å². The molecule has 5 aliphatic rings. The van der Waals surface area contributed by atoms with Crippen molar-refractivity contribution in [3.8, 4) is 11.5 Å². The van der Waals surface area contributed by atoms with Crippen molar-refractivity contribution in [2.75, 3.05) is 13.1 Å². The molecule has 172 valence electrons. The zero-order valence-electron chi connectivity index (χ0n) is 18.6. The number of carbonyl (C=O) groups excluding carboxylic acids is 1. The van der Waals surface area contributed by atoms with Gasteiger partial charge in [-0.25, -0.2) is 0 Å². The van der Waals surface area contributed by atoms with Crippen LogP contribution in [0.3, 0.4) is 0 Å². The van der Waals surface area contributed by atoms with E-state index in [4.69, 9.17) is 21.1 Å². The molecule has 2 saturated carbocycles. The number of ketones is 1. The molecule has 1 N–H and O–H groups in total. The highest BCUT2D eigenvalue weighted by molar-refractivity contribution is 6.30. The lowest BCUT2D eigenvalue weighted by atomic mass is 9.48. The van der Waals surface area contributed by atoms with Crippen molar-refractivity contribution in [2.45, 2.75) is 68.3 Å². The number of hydrogen-bond acceptors (Lipinski definition) is 5. The van der Waals surface area contributed by atoms with Crippen LogP contribution in [-0.4, -0.2) is 46.6 Å². The number of Topliss-reactive ketones (excluding diaryl/α,β-unsaturated/α-hetero) is 1. The maximum Gasteiger partial charge on any atom is 0.174 e. The van der Waals surface area contributed by atoms with E-state index in [2.05, 4.69) is 4.90 Å². The van der Waals surface area contributed by atoms with Crippen LogP contribution in [0.25, 0.3) is 0 Å². The van der Waals surface area contributed by atoms with E-state index in [1.54, 1.807) is 6.07 Å². The van der Waals surface area contributed by atoms with Crippen molar-refractivity contribution >= 4 is 17.4 Å². The number of halogens is 1. The number of likely N-dealkylation sites (tertiary alicyclic amines) is 1. The fraction of sp³-hybridized carbons (Fsp3) is 0.519. The van der Waals surface area contributed by atoms with Crippen LogP contribution in [0.5, 0.6) is 11.5 Å². The molecule has 5 nitrogen and oxygen atoms in total. The van der Waals surface area contributed by atoms with Crippen LogP contribution in [0, 0.1) is 5.92 Å². The molecular formula is C27H28ClNO4. The van der Waals surface area contributed by atoms with Gasteiger partial charge in [0.25, 0.3) is 0 Å². The van der Waals surface area contributed by atoms with Crippen LogP contribution in [0.15, 0.2) is 36.4 Å². The van der Waals surface area contributed by atoms with Crippen LogP contribution in [0.1, 0.15) is 48.8 Å². The quantitative estimate of drug-likeness (QED) is 0.709. The third-order valence-electron chi connectivity index (χ3n) is 8.93. The minimum atomic E-state index is -0.579. The van der Waals surface area contributed by atoms with Crippen LogP contribution >= 0.6 is 11.6 Å². The van der Waals surface area contributed by atoms with Crippen LogP contribution in [-0.2, 0) is 28.0 Å². The maximum absolute atomic E-state index is 13.3. The predicted molar refractivity (Wildman–Crippen MR) is 124 cm³/mol. The molecule has 2 aromatic rings. The Kier molecular flexibility index (Phi) is 4.29. The second-order valence-corrected chi connectivity index (χ2v) is 11.0. The van der Waals surface area contributed by atoms with Gasteiger partial charge in [-0.05, 0) is 73.9 Å². The van der Waals surface area contributed by atoms with Gasteiger partial charge >= 0.3 is 0 Å². The molecule has 2 aromatic carbocycles. The van der Waals surface area contributed by atoms with Crippen LogP contribution < -0.4 is 4.74 Å². The van der Waals surface area contributed by atoms with Crippen molar-refractivity contribution in [3.63, 3.8) is 0 Å². The van der Waals surface area contributed by atoms with Gasteiger partial charge < -0.3 is 14.6 Å². The third kappa shape index (κ3) is 2.70. The highest BCUT2D eigenvalue weighted by Crippen LogP contribution is 2.66. The smallest absolute Gasteiger partial charge is 0.174 e. The number of hydrogen-bond donors (Lipinski definition) is 1. The lowest BCUT2D eigenvalue weighted by Crippen LogP contribution is -2.77. The second kappa shape index (κ2) is 6.97. The van der Waals surface area contributed by atoms with E-state index in [9.17, 15) is 9.90 Å². The number of phenols is 1. The molecule has 3 aliphatic carbocycles.